The average molecular weight is 286 g/mol. The van der Waals surface area contributed by atoms with E-state index in [0.717, 1.165) is 27.8 Å². The molecular weight excluding hydrogens is 271 g/mol. The minimum Gasteiger partial charge on any atom is -0.383 e. The van der Waals surface area contributed by atoms with E-state index in [1.807, 2.05) is 29.6 Å². The molecule has 1 nitrogen and oxygen atoms in total. The lowest BCUT2D eigenvalue weighted by atomic mass is 9.97. The van der Waals surface area contributed by atoms with Crippen LogP contribution in [0.15, 0.2) is 47.8 Å². The summed E-state index contributed by atoms with van der Waals surface area (Å²) in [6, 6.07) is 12.4. The molecule has 0 spiro atoms. The maximum absolute atomic E-state index is 13.8. The number of aliphatic hydroxyl groups is 1. The predicted molar refractivity (Wildman–Crippen MR) is 81.7 cm³/mol. The predicted octanol–water partition coefficient (Wildman–Crippen LogP) is 4.68. The number of halogens is 1. The van der Waals surface area contributed by atoms with E-state index in [1.54, 1.807) is 23.5 Å². The molecule has 1 unspecified atom stereocenters. The zero-order valence-corrected chi connectivity index (χ0v) is 12.0. The topological polar surface area (TPSA) is 20.2 Å². The minimum absolute atomic E-state index is 0.251. The molecule has 2 aromatic carbocycles. The fourth-order valence-corrected chi connectivity index (χ4v) is 3.54. The van der Waals surface area contributed by atoms with Gasteiger partial charge in [0, 0.05) is 10.3 Å². The fourth-order valence-electron chi connectivity index (χ4n) is 2.54. The molecule has 1 atom stereocenters. The monoisotopic (exact) mass is 286 g/mol. The second-order valence-electron chi connectivity index (χ2n) is 4.75. The number of fused-ring (bicyclic) bond motifs is 1. The van der Waals surface area contributed by atoms with Gasteiger partial charge in [-0.15, -0.1) is 11.3 Å². The van der Waals surface area contributed by atoms with Crippen LogP contribution >= 0.6 is 11.3 Å². The number of benzene rings is 2. The molecule has 0 fully saturated rings. The Kier molecular flexibility index (Phi) is 3.55. The fraction of sp³-hybridized carbons (Fsp3) is 0.176. The van der Waals surface area contributed by atoms with Gasteiger partial charge in [-0.3, -0.25) is 0 Å². The average Bonchev–Trinajstić information content (AvgIpc) is 2.96. The number of aliphatic hydroxyl groups excluding tert-OH is 1. The van der Waals surface area contributed by atoms with Crippen molar-refractivity contribution in [3.63, 3.8) is 0 Å². The van der Waals surface area contributed by atoms with Crippen LogP contribution in [0.2, 0.25) is 0 Å². The van der Waals surface area contributed by atoms with Gasteiger partial charge in [-0.1, -0.05) is 37.3 Å². The van der Waals surface area contributed by atoms with Crippen LogP contribution in [0.4, 0.5) is 4.39 Å². The molecule has 0 aliphatic rings. The minimum atomic E-state index is -0.699. The summed E-state index contributed by atoms with van der Waals surface area (Å²) in [5.41, 5.74) is 1.91. The lowest BCUT2D eigenvalue weighted by molar-refractivity contribution is 0.224. The summed E-state index contributed by atoms with van der Waals surface area (Å²) in [7, 11) is 0. The molecule has 1 aromatic heterocycles. The maximum Gasteiger partial charge on any atom is 0.131 e. The van der Waals surface area contributed by atoms with Crippen molar-refractivity contribution in [2.45, 2.75) is 19.4 Å². The number of thiophene rings is 1. The molecule has 0 bridgehead atoms. The largest absolute Gasteiger partial charge is 0.383 e. The van der Waals surface area contributed by atoms with Crippen molar-refractivity contribution < 1.29 is 9.50 Å². The van der Waals surface area contributed by atoms with E-state index >= 15 is 0 Å². The summed E-state index contributed by atoms with van der Waals surface area (Å²) in [5.74, 6) is -0.251. The molecular formula is C17H15FOS. The summed E-state index contributed by atoms with van der Waals surface area (Å²) in [6.07, 6.45) is 0.185. The van der Waals surface area contributed by atoms with Crippen LogP contribution in [0.1, 0.15) is 29.0 Å². The first-order chi connectivity index (χ1) is 9.72. The molecule has 102 valence electrons. The first-order valence-electron chi connectivity index (χ1n) is 6.64. The molecule has 1 N–H and O–H groups in total. The molecule has 3 heteroatoms. The van der Waals surface area contributed by atoms with E-state index in [9.17, 15) is 9.50 Å². The van der Waals surface area contributed by atoms with E-state index < -0.39 is 6.10 Å². The van der Waals surface area contributed by atoms with E-state index in [4.69, 9.17) is 0 Å². The molecule has 0 saturated heterocycles. The highest BCUT2D eigenvalue weighted by Gasteiger charge is 2.18. The molecule has 3 aromatic rings. The van der Waals surface area contributed by atoms with Gasteiger partial charge in [0.25, 0.3) is 0 Å². The van der Waals surface area contributed by atoms with Crippen LogP contribution in [0.25, 0.3) is 10.8 Å². The van der Waals surface area contributed by atoms with E-state index in [-0.39, 0.29) is 5.82 Å². The molecule has 20 heavy (non-hydrogen) atoms. The number of hydrogen-bond acceptors (Lipinski definition) is 2. The number of rotatable bonds is 3. The SMILES string of the molecule is CCc1ccsc1C(O)c1ccc(F)c2ccccc12. The van der Waals surface area contributed by atoms with E-state index in [0.29, 0.717) is 5.39 Å². The quantitative estimate of drug-likeness (QED) is 0.741. The summed E-state index contributed by atoms with van der Waals surface area (Å²) in [6.45, 7) is 2.07. The highest BCUT2D eigenvalue weighted by molar-refractivity contribution is 7.10. The third kappa shape index (κ3) is 2.13. The van der Waals surface area contributed by atoms with Gasteiger partial charge >= 0.3 is 0 Å². The maximum atomic E-state index is 13.8. The third-order valence-electron chi connectivity index (χ3n) is 3.61. The van der Waals surface area contributed by atoms with Gasteiger partial charge in [0.15, 0.2) is 0 Å². The number of hydrogen-bond donors (Lipinski definition) is 1. The Hall–Kier alpha value is -1.71. The van der Waals surface area contributed by atoms with Crippen molar-refractivity contribution in [3.05, 3.63) is 69.7 Å². The molecule has 0 aliphatic carbocycles. The Labute approximate surface area is 121 Å². The van der Waals surface area contributed by atoms with Gasteiger partial charge in [0.05, 0.1) is 0 Å². The van der Waals surface area contributed by atoms with Gasteiger partial charge < -0.3 is 5.11 Å². The van der Waals surface area contributed by atoms with Gasteiger partial charge in [-0.05, 0) is 40.4 Å². The molecule has 3 rings (SSSR count). The normalized spacial score (nSPS) is 12.8. The smallest absolute Gasteiger partial charge is 0.131 e. The van der Waals surface area contributed by atoms with Crippen molar-refractivity contribution >= 4 is 22.1 Å². The Bertz CT molecular complexity index is 748. The highest BCUT2D eigenvalue weighted by Crippen LogP contribution is 2.34. The second-order valence-corrected chi connectivity index (χ2v) is 5.70. The van der Waals surface area contributed by atoms with Gasteiger partial charge in [-0.2, -0.15) is 0 Å². The molecule has 0 saturated carbocycles. The zero-order chi connectivity index (χ0) is 14.1. The third-order valence-corrected chi connectivity index (χ3v) is 4.62. The molecule has 0 aliphatic heterocycles. The first kappa shape index (κ1) is 13.3. The highest BCUT2D eigenvalue weighted by atomic mass is 32.1. The Balaban J connectivity index is 2.17. The van der Waals surface area contributed by atoms with Crippen molar-refractivity contribution in [1.29, 1.82) is 0 Å². The Morgan fingerprint density at radius 2 is 1.85 bits per heavy atom. The second kappa shape index (κ2) is 5.35. The van der Waals surface area contributed by atoms with Crippen LogP contribution < -0.4 is 0 Å². The van der Waals surface area contributed by atoms with Crippen LogP contribution in [0, 0.1) is 5.82 Å². The van der Waals surface area contributed by atoms with Crippen LogP contribution in [0.5, 0.6) is 0 Å². The Morgan fingerprint density at radius 3 is 2.60 bits per heavy atom. The molecule has 0 radical (unpaired) electrons. The van der Waals surface area contributed by atoms with E-state index in [2.05, 4.69) is 6.92 Å². The van der Waals surface area contributed by atoms with Gasteiger partial charge in [0.1, 0.15) is 11.9 Å². The van der Waals surface area contributed by atoms with Crippen LogP contribution in [-0.4, -0.2) is 5.11 Å². The standard InChI is InChI=1S/C17H15FOS/c1-2-11-9-10-20-17(11)16(19)14-7-8-15(18)13-6-4-3-5-12(13)14/h3-10,16,19H,2H2,1H3. The zero-order valence-electron chi connectivity index (χ0n) is 11.1. The van der Waals surface area contributed by atoms with Crippen LogP contribution in [-0.2, 0) is 6.42 Å². The number of aryl methyl sites for hydroxylation is 1. The summed E-state index contributed by atoms with van der Waals surface area (Å²) < 4.78 is 13.8. The summed E-state index contributed by atoms with van der Waals surface area (Å²) in [5, 5.41) is 14.0. The van der Waals surface area contributed by atoms with Gasteiger partial charge in [0.2, 0.25) is 0 Å². The molecule has 1 heterocycles. The van der Waals surface area contributed by atoms with Crippen LogP contribution in [0.3, 0.4) is 0 Å². The van der Waals surface area contributed by atoms with Crippen molar-refractivity contribution in [2.24, 2.45) is 0 Å². The van der Waals surface area contributed by atoms with Crippen molar-refractivity contribution in [1.82, 2.24) is 0 Å². The van der Waals surface area contributed by atoms with Crippen molar-refractivity contribution in [3.8, 4) is 0 Å². The van der Waals surface area contributed by atoms with Crippen molar-refractivity contribution in [2.75, 3.05) is 0 Å². The van der Waals surface area contributed by atoms with E-state index in [1.165, 1.54) is 6.07 Å². The summed E-state index contributed by atoms with van der Waals surface area (Å²) in [4.78, 5) is 0.948. The van der Waals surface area contributed by atoms with Gasteiger partial charge in [-0.25, -0.2) is 4.39 Å². The first-order valence-corrected chi connectivity index (χ1v) is 7.51. The molecule has 0 amide bonds. The lowest BCUT2D eigenvalue weighted by Gasteiger charge is -2.14. The summed E-state index contributed by atoms with van der Waals surface area (Å²) >= 11 is 1.55. The Morgan fingerprint density at radius 1 is 1.10 bits per heavy atom. The lowest BCUT2D eigenvalue weighted by Crippen LogP contribution is -2.01.